The number of hydrogen-bond donors (Lipinski definition) is 1. The van der Waals surface area contributed by atoms with Crippen LogP contribution in [0, 0.1) is 58.2 Å². The Morgan fingerprint density at radius 1 is 0.806 bits per heavy atom. The average molecular weight is 431 g/mol. The molecule has 1 nitrogen and oxygen atoms in total. The molecule has 4 fully saturated rings. The summed E-state index contributed by atoms with van der Waals surface area (Å²) in [6, 6.07) is 0. The molecule has 10 atom stereocenters. The fourth-order valence-electron chi connectivity index (χ4n) is 10.3. The Morgan fingerprint density at radius 2 is 1.48 bits per heavy atom. The molecule has 1 N–H and O–H groups in total. The van der Waals surface area contributed by atoms with Gasteiger partial charge < -0.3 is 5.11 Å². The molecule has 4 aliphatic carbocycles. The summed E-state index contributed by atoms with van der Waals surface area (Å²) in [5, 5.41) is 10.8. The first-order valence-electron chi connectivity index (χ1n) is 14.4. The van der Waals surface area contributed by atoms with Crippen LogP contribution in [0.15, 0.2) is 0 Å². The Balaban J connectivity index is 1.48. The van der Waals surface area contributed by atoms with Gasteiger partial charge in [0, 0.05) is 0 Å². The van der Waals surface area contributed by atoms with Crippen LogP contribution in [0.2, 0.25) is 0 Å². The first-order chi connectivity index (χ1) is 14.7. The van der Waals surface area contributed by atoms with Crippen molar-refractivity contribution < 1.29 is 5.11 Å². The van der Waals surface area contributed by atoms with Gasteiger partial charge in [-0.05, 0) is 116 Å². The minimum Gasteiger partial charge on any atom is -0.393 e. The van der Waals surface area contributed by atoms with Gasteiger partial charge in [0.1, 0.15) is 0 Å². The third-order valence-electron chi connectivity index (χ3n) is 11.8. The van der Waals surface area contributed by atoms with Crippen LogP contribution in [0.5, 0.6) is 0 Å². The summed E-state index contributed by atoms with van der Waals surface area (Å²) in [5.41, 5.74) is 1.11. The van der Waals surface area contributed by atoms with E-state index >= 15 is 0 Å². The molecule has 1 heteroatoms. The molecule has 0 amide bonds. The summed E-state index contributed by atoms with van der Waals surface area (Å²) in [7, 11) is 0. The molecule has 0 aromatic heterocycles. The highest BCUT2D eigenvalue weighted by Crippen LogP contribution is 2.69. The second-order valence-corrected chi connectivity index (χ2v) is 13.7. The zero-order chi connectivity index (χ0) is 22.4. The van der Waals surface area contributed by atoms with Gasteiger partial charge >= 0.3 is 0 Å². The van der Waals surface area contributed by atoms with E-state index in [2.05, 4.69) is 41.5 Å². The smallest absolute Gasteiger partial charge is 0.0571 e. The molecule has 0 heterocycles. The van der Waals surface area contributed by atoms with Crippen molar-refractivity contribution in [3.8, 4) is 0 Å². The van der Waals surface area contributed by atoms with E-state index in [9.17, 15) is 5.11 Å². The maximum Gasteiger partial charge on any atom is 0.0571 e. The summed E-state index contributed by atoms with van der Waals surface area (Å²) in [6.45, 7) is 15.1. The van der Waals surface area contributed by atoms with Crippen LogP contribution in [0.3, 0.4) is 0 Å². The first-order valence-corrected chi connectivity index (χ1v) is 14.4. The van der Waals surface area contributed by atoms with Gasteiger partial charge in [0.2, 0.25) is 0 Å². The fraction of sp³-hybridized carbons (Fsp3) is 1.00. The van der Waals surface area contributed by atoms with E-state index in [1.165, 1.54) is 77.0 Å². The fourth-order valence-corrected chi connectivity index (χ4v) is 10.3. The van der Waals surface area contributed by atoms with E-state index in [0.717, 1.165) is 47.8 Å². The predicted octanol–water partition coefficient (Wildman–Crippen LogP) is 8.49. The largest absolute Gasteiger partial charge is 0.393 e. The van der Waals surface area contributed by atoms with Crippen molar-refractivity contribution in [2.45, 2.75) is 131 Å². The minimum absolute atomic E-state index is 0.0222. The molecule has 0 aliphatic heterocycles. The van der Waals surface area contributed by atoms with Crippen molar-refractivity contribution in [1.82, 2.24) is 0 Å². The van der Waals surface area contributed by atoms with Gasteiger partial charge in [-0.1, -0.05) is 67.2 Å². The van der Waals surface area contributed by atoms with Gasteiger partial charge in [0.15, 0.2) is 0 Å². The van der Waals surface area contributed by atoms with E-state index in [1.54, 1.807) is 0 Å². The van der Waals surface area contributed by atoms with Crippen molar-refractivity contribution >= 4 is 0 Å². The van der Waals surface area contributed by atoms with Crippen LogP contribution in [0.1, 0.15) is 125 Å². The number of hydrogen-bond acceptors (Lipinski definition) is 1. The summed E-state index contributed by atoms with van der Waals surface area (Å²) >= 11 is 0. The molecule has 0 spiro atoms. The molecule has 0 aromatic carbocycles. The highest BCUT2D eigenvalue weighted by molar-refractivity contribution is 5.10. The second kappa shape index (κ2) is 9.31. The van der Waals surface area contributed by atoms with Gasteiger partial charge in [0.05, 0.1) is 6.10 Å². The molecule has 4 saturated carbocycles. The van der Waals surface area contributed by atoms with Crippen LogP contribution in [0.4, 0.5) is 0 Å². The lowest BCUT2D eigenvalue weighted by Crippen LogP contribution is -2.56. The zero-order valence-corrected chi connectivity index (χ0v) is 21.8. The molecule has 4 rings (SSSR count). The van der Waals surface area contributed by atoms with Gasteiger partial charge in [0.25, 0.3) is 0 Å². The lowest BCUT2D eigenvalue weighted by Gasteiger charge is -2.63. The van der Waals surface area contributed by atoms with Crippen LogP contribution >= 0.6 is 0 Å². The standard InChI is InChI=1S/C30H54O/c1-7-9-23-26-13-12-22-25-15-14-24(21(4)11-8-10-20(2)3)29(25,5)18-16-27(22)30(26,6)19-17-28(23)31/h20-28,31H,7-19H2,1-6H3/t21-,22+,23+,24-,25+,26?,27+,28-,29-,30+/m1/s1. The topological polar surface area (TPSA) is 20.2 Å². The Bertz CT molecular complexity index is 597. The molecule has 0 bridgehead atoms. The Hall–Kier alpha value is -0.0400. The zero-order valence-electron chi connectivity index (χ0n) is 21.8. The molecule has 31 heavy (non-hydrogen) atoms. The highest BCUT2D eigenvalue weighted by atomic mass is 16.3. The molecule has 180 valence electrons. The van der Waals surface area contributed by atoms with Crippen molar-refractivity contribution in [2.75, 3.05) is 0 Å². The number of rotatable bonds is 7. The van der Waals surface area contributed by atoms with E-state index in [0.29, 0.717) is 16.7 Å². The molecule has 0 radical (unpaired) electrons. The summed E-state index contributed by atoms with van der Waals surface area (Å²) in [4.78, 5) is 0. The number of aliphatic hydroxyl groups excluding tert-OH is 1. The maximum absolute atomic E-state index is 10.8. The quantitative estimate of drug-likeness (QED) is 0.429. The van der Waals surface area contributed by atoms with Crippen molar-refractivity contribution in [1.29, 1.82) is 0 Å². The van der Waals surface area contributed by atoms with Crippen LogP contribution < -0.4 is 0 Å². The van der Waals surface area contributed by atoms with Crippen LogP contribution in [-0.2, 0) is 0 Å². The van der Waals surface area contributed by atoms with E-state index in [-0.39, 0.29) is 6.10 Å². The molecular formula is C30H54O. The Kier molecular flexibility index (Phi) is 7.23. The summed E-state index contributed by atoms with van der Waals surface area (Å²) in [6.07, 6.45) is 18.0. The predicted molar refractivity (Wildman–Crippen MR) is 133 cm³/mol. The van der Waals surface area contributed by atoms with Gasteiger partial charge in [-0.15, -0.1) is 0 Å². The van der Waals surface area contributed by atoms with Crippen LogP contribution in [0.25, 0.3) is 0 Å². The van der Waals surface area contributed by atoms with E-state index < -0.39 is 0 Å². The highest BCUT2D eigenvalue weighted by Gasteiger charge is 2.61. The molecular weight excluding hydrogens is 376 g/mol. The monoisotopic (exact) mass is 430 g/mol. The second-order valence-electron chi connectivity index (χ2n) is 13.7. The minimum atomic E-state index is -0.0222. The van der Waals surface area contributed by atoms with Gasteiger partial charge in [-0.25, -0.2) is 0 Å². The third-order valence-corrected chi connectivity index (χ3v) is 11.8. The average Bonchev–Trinajstić information content (AvgIpc) is 3.07. The summed E-state index contributed by atoms with van der Waals surface area (Å²) in [5.74, 6) is 7.00. The van der Waals surface area contributed by atoms with Crippen molar-refractivity contribution in [3.63, 3.8) is 0 Å². The lowest BCUT2D eigenvalue weighted by atomic mass is 9.42. The van der Waals surface area contributed by atoms with E-state index in [4.69, 9.17) is 0 Å². The summed E-state index contributed by atoms with van der Waals surface area (Å²) < 4.78 is 0. The van der Waals surface area contributed by atoms with Gasteiger partial charge in [-0.3, -0.25) is 0 Å². The van der Waals surface area contributed by atoms with E-state index in [1.807, 2.05) is 0 Å². The van der Waals surface area contributed by atoms with Crippen molar-refractivity contribution in [3.05, 3.63) is 0 Å². The van der Waals surface area contributed by atoms with Crippen molar-refractivity contribution in [2.24, 2.45) is 58.2 Å². The Labute approximate surface area is 194 Å². The third kappa shape index (κ3) is 4.17. The van der Waals surface area contributed by atoms with Crippen LogP contribution in [-0.4, -0.2) is 11.2 Å². The number of fused-ring (bicyclic) bond motifs is 5. The number of aliphatic hydroxyl groups is 1. The SMILES string of the molecule is CCC[C@H]1C2CC[C@H]3[C@@H]4CC[C@H]([C@H](C)CCCC(C)C)[C@@]4(C)CC[C@@H]3[C@@]2(C)CC[C@H]1O. The molecule has 4 aliphatic rings. The molecule has 1 unspecified atom stereocenters. The lowest BCUT2D eigenvalue weighted by molar-refractivity contribution is -0.153. The normalized spacial score (nSPS) is 48.2. The Morgan fingerprint density at radius 3 is 2.19 bits per heavy atom. The maximum atomic E-state index is 10.8. The first kappa shape index (κ1) is 24.1. The van der Waals surface area contributed by atoms with Gasteiger partial charge in [-0.2, -0.15) is 0 Å². The molecule has 0 aromatic rings. The molecule has 0 saturated heterocycles.